The van der Waals surface area contributed by atoms with E-state index in [1.807, 2.05) is 71.8 Å². The third-order valence-corrected chi connectivity index (χ3v) is 6.95. The Morgan fingerprint density at radius 3 is 2.39 bits per heavy atom. The second-order valence-electron chi connectivity index (χ2n) is 9.55. The summed E-state index contributed by atoms with van der Waals surface area (Å²) < 4.78 is 13.7. The number of morpholine rings is 1. The van der Waals surface area contributed by atoms with Crippen molar-refractivity contribution >= 4 is 22.8 Å². The van der Waals surface area contributed by atoms with Crippen molar-refractivity contribution in [2.75, 3.05) is 26.3 Å². The summed E-state index contributed by atoms with van der Waals surface area (Å²) in [5.41, 5.74) is 4.21. The van der Waals surface area contributed by atoms with E-state index in [1.165, 1.54) is 0 Å². The zero-order chi connectivity index (χ0) is 26.3. The molecule has 0 spiro atoms. The van der Waals surface area contributed by atoms with Crippen LogP contribution in [0.15, 0.2) is 79.0 Å². The summed E-state index contributed by atoms with van der Waals surface area (Å²) >= 11 is 0. The number of unbranched alkanes of at least 4 members (excludes halogenated alkanes) is 1. The molecular formula is C31H32N2O5. The second kappa shape index (κ2) is 12.0. The first-order valence-electron chi connectivity index (χ1n) is 13.1. The summed E-state index contributed by atoms with van der Waals surface area (Å²) in [4.78, 5) is 26.3. The molecule has 0 unspecified atom stereocenters. The molecule has 2 heterocycles. The Balaban J connectivity index is 1.32. The number of ether oxygens (including phenoxy) is 2. The highest BCUT2D eigenvalue weighted by atomic mass is 16.5. The van der Waals surface area contributed by atoms with E-state index >= 15 is 0 Å². The van der Waals surface area contributed by atoms with Crippen LogP contribution in [0.2, 0.25) is 0 Å². The highest BCUT2D eigenvalue weighted by Crippen LogP contribution is 2.28. The van der Waals surface area contributed by atoms with Gasteiger partial charge >= 0.3 is 5.97 Å². The number of amides is 1. The van der Waals surface area contributed by atoms with Crippen molar-refractivity contribution in [1.82, 2.24) is 9.47 Å². The molecular weight excluding hydrogens is 480 g/mol. The van der Waals surface area contributed by atoms with Gasteiger partial charge in [-0.25, -0.2) is 4.79 Å². The van der Waals surface area contributed by atoms with E-state index in [9.17, 15) is 9.59 Å². The van der Waals surface area contributed by atoms with Gasteiger partial charge in [-0.15, -0.1) is 0 Å². The SMILES string of the molecule is O=C(O)c1ccc(CCCCn2cc(C(=O)N3CCOCC3)c3ccc(OCc4ccccc4)cc32)cc1. The molecule has 7 nitrogen and oxygen atoms in total. The monoisotopic (exact) mass is 512 g/mol. The third kappa shape index (κ3) is 6.06. The number of benzene rings is 3. The van der Waals surface area contributed by atoms with Gasteiger partial charge in [-0.1, -0.05) is 42.5 Å². The Morgan fingerprint density at radius 2 is 1.66 bits per heavy atom. The fourth-order valence-electron chi connectivity index (χ4n) is 4.82. The van der Waals surface area contributed by atoms with Crippen molar-refractivity contribution in [3.05, 3.63) is 101 Å². The minimum atomic E-state index is -0.911. The number of aromatic nitrogens is 1. The minimum Gasteiger partial charge on any atom is -0.489 e. The molecule has 1 aliphatic heterocycles. The molecule has 1 fully saturated rings. The summed E-state index contributed by atoms with van der Waals surface area (Å²) in [6, 6.07) is 23.1. The van der Waals surface area contributed by atoms with Gasteiger partial charge in [0.15, 0.2) is 0 Å². The number of hydrogen-bond acceptors (Lipinski definition) is 4. The topological polar surface area (TPSA) is 81.0 Å². The minimum absolute atomic E-state index is 0.0357. The average Bonchev–Trinajstić information content (AvgIpc) is 3.33. The lowest BCUT2D eigenvalue weighted by atomic mass is 10.1. The molecule has 1 saturated heterocycles. The van der Waals surface area contributed by atoms with E-state index in [4.69, 9.17) is 14.6 Å². The van der Waals surface area contributed by atoms with E-state index in [0.717, 1.165) is 53.6 Å². The maximum absolute atomic E-state index is 13.4. The molecule has 1 aromatic heterocycles. The molecule has 0 saturated carbocycles. The fraction of sp³-hybridized carbons (Fsp3) is 0.290. The van der Waals surface area contributed by atoms with Crippen molar-refractivity contribution in [3.8, 4) is 5.75 Å². The molecule has 0 atom stereocenters. The second-order valence-corrected chi connectivity index (χ2v) is 9.55. The van der Waals surface area contributed by atoms with Crippen LogP contribution in [0, 0.1) is 0 Å². The summed E-state index contributed by atoms with van der Waals surface area (Å²) in [6.07, 6.45) is 4.71. The van der Waals surface area contributed by atoms with Gasteiger partial charge < -0.3 is 24.0 Å². The number of aromatic carboxylic acids is 1. The van der Waals surface area contributed by atoms with Gasteiger partial charge in [0, 0.05) is 37.3 Å². The van der Waals surface area contributed by atoms with Crippen molar-refractivity contribution in [3.63, 3.8) is 0 Å². The number of fused-ring (bicyclic) bond motifs is 1. The van der Waals surface area contributed by atoms with E-state index < -0.39 is 5.97 Å². The van der Waals surface area contributed by atoms with Gasteiger partial charge in [-0.05, 0) is 54.7 Å². The number of carbonyl (C=O) groups is 2. The average molecular weight is 513 g/mol. The summed E-state index contributed by atoms with van der Waals surface area (Å²) in [5, 5.41) is 10.0. The van der Waals surface area contributed by atoms with Crippen molar-refractivity contribution < 1.29 is 24.2 Å². The standard InChI is InChI=1S/C31H32N2O5/c34-30(32-16-18-37-19-17-32)28-21-33(15-5-4-6-23-9-11-25(12-10-23)31(35)36)29-20-26(13-14-27(28)29)38-22-24-7-2-1-3-8-24/h1-3,7-14,20-21H,4-6,15-19,22H2,(H,35,36). The first-order chi connectivity index (χ1) is 18.6. The summed E-state index contributed by atoms with van der Waals surface area (Å²) in [6.45, 7) is 3.58. The Morgan fingerprint density at radius 1 is 0.895 bits per heavy atom. The van der Waals surface area contributed by atoms with Crippen molar-refractivity contribution in [2.24, 2.45) is 0 Å². The van der Waals surface area contributed by atoms with Gasteiger partial charge in [0.2, 0.25) is 0 Å². The fourth-order valence-corrected chi connectivity index (χ4v) is 4.82. The van der Waals surface area contributed by atoms with Gasteiger partial charge in [-0.2, -0.15) is 0 Å². The molecule has 1 N–H and O–H groups in total. The normalized spacial score (nSPS) is 13.5. The predicted molar refractivity (Wildman–Crippen MR) is 146 cm³/mol. The molecule has 7 heteroatoms. The molecule has 38 heavy (non-hydrogen) atoms. The Hall–Kier alpha value is -4.10. The number of carbonyl (C=O) groups excluding carboxylic acids is 1. The third-order valence-electron chi connectivity index (χ3n) is 6.95. The first kappa shape index (κ1) is 25.5. The number of nitrogens with zero attached hydrogens (tertiary/aromatic N) is 2. The molecule has 1 aliphatic rings. The molecule has 0 radical (unpaired) electrons. The van der Waals surface area contributed by atoms with Crippen LogP contribution >= 0.6 is 0 Å². The number of rotatable bonds is 10. The van der Waals surface area contributed by atoms with Crippen molar-refractivity contribution in [2.45, 2.75) is 32.4 Å². The summed E-state index contributed by atoms with van der Waals surface area (Å²) in [5.74, 6) is -0.108. The van der Waals surface area contributed by atoms with E-state index in [1.54, 1.807) is 12.1 Å². The maximum Gasteiger partial charge on any atom is 0.335 e. The molecule has 4 aromatic rings. The van der Waals surface area contributed by atoms with Crippen LogP contribution in [0.1, 0.15) is 44.7 Å². The predicted octanol–water partition coefficient (Wildman–Crippen LogP) is 5.41. The Kier molecular flexibility index (Phi) is 8.04. The quantitative estimate of drug-likeness (QED) is 0.287. The van der Waals surface area contributed by atoms with Crippen LogP contribution in [0.4, 0.5) is 0 Å². The number of hydrogen-bond donors (Lipinski definition) is 1. The molecule has 196 valence electrons. The maximum atomic E-state index is 13.4. The lowest BCUT2D eigenvalue weighted by Crippen LogP contribution is -2.40. The molecule has 0 bridgehead atoms. The lowest BCUT2D eigenvalue weighted by molar-refractivity contribution is 0.0304. The van der Waals surface area contributed by atoms with Gasteiger partial charge in [-0.3, -0.25) is 4.79 Å². The Labute approximate surface area is 222 Å². The number of aryl methyl sites for hydroxylation is 2. The highest BCUT2D eigenvalue weighted by Gasteiger charge is 2.23. The number of carboxylic acid groups (broad SMARTS) is 1. The zero-order valence-corrected chi connectivity index (χ0v) is 21.3. The largest absolute Gasteiger partial charge is 0.489 e. The summed E-state index contributed by atoms with van der Waals surface area (Å²) in [7, 11) is 0. The van der Waals surface area contributed by atoms with E-state index in [0.29, 0.717) is 44.0 Å². The highest BCUT2D eigenvalue weighted by molar-refractivity contribution is 6.07. The van der Waals surface area contributed by atoms with Gasteiger partial charge in [0.1, 0.15) is 12.4 Å². The molecule has 1 amide bonds. The van der Waals surface area contributed by atoms with Crippen LogP contribution < -0.4 is 4.74 Å². The van der Waals surface area contributed by atoms with Crippen LogP contribution in [-0.2, 0) is 24.3 Å². The van der Waals surface area contributed by atoms with E-state index in [2.05, 4.69) is 4.57 Å². The molecule has 5 rings (SSSR count). The van der Waals surface area contributed by atoms with Gasteiger partial charge in [0.05, 0.1) is 29.9 Å². The first-order valence-corrected chi connectivity index (χ1v) is 13.1. The van der Waals surface area contributed by atoms with Crippen LogP contribution in [0.5, 0.6) is 5.75 Å². The molecule has 3 aromatic carbocycles. The van der Waals surface area contributed by atoms with E-state index in [-0.39, 0.29) is 5.91 Å². The lowest BCUT2D eigenvalue weighted by Gasteiger charge is -2.26. The van der Waals surface area contributed by atoms with Gasteiger partial charge in [0.25, 0.3) is 5.91 Å². The molecule has 0 aliphatic carbocycles. The van der Waals surface area contributed by atoms with Crippen LogP contribution in [-0.4, -0.2) is 52.8 Å². The van der Waals surface area contributed by atoms with Crippen molar-refractivity contribution in [1.29, 1.82) is 0 Å². The smallest absolute Gasteiger partial charge is 0.335 e. The van der Waals surface area contributed by atoms with Crippen LogP contribution in [0.3, 0.4) is 0 Å². The van der Waals surface area contributed by atoms with Crippen LogP contribution in [0.25, 0.3) is 10.9 Å². The zero-order valence-electron chi connectivity index (χ0n) is 21.3. The number of carboxylic acids is 1. The Bertz CT molecular complexity index is 1390.